The first-order chi connectivity index (χ1) is 9.00. The monoisotopic (exact) mass is 287 g/mol. The van der Waals surface area contributed by atoms with Crippen LogP contribution in [0.1, 0.15) is 31.1 Å². The summed E-state index contributed by atoms with van der Waals surface area (Å²) in [6.07, 6.45) is 3.68. The number of nitrogens with zero attached hydrogens (tertiary/aromatic N) is 3. The lowest BCUT2D eigenvalue weighted by molar-refractivity contribution is -0.154. The Kier molecular flexibility index (Phi) is 4.50. The van der Waals surface area contributed by atoms with Crippen molar-refractivity contribution in [2.24, 2.45) is 0 Å². The third-order valence-corrected chi connectivity index (χ3v) is 4.25. The van der Waals surface area contributed by atoms with Crippen LogP contribution in [0.2, 0.25) is 5.02 Å². The summed E-state index contributed by atoms with van der Waals surface area (Å²) >= 11 is 6.19. The van der Waals surface area contributed by atoms with Gasteiger partial charge in [0.2, 0.25) is 0 Å². The first kappa shape index (κ1) is 14.8. The molecule has 6 heteroatoms. The maximum atomic E-state index is 10.6. The molecule has 1 fully saturated rings. The first-order valence-corrected chi connectivity index (χ1v) is 6.97. The van der Waals surface area contributed by atoms with E-state index in [0.29, 0.717) is 17.3 Å². The van der Waals surface area contributed by atoms with E-state index in [1.807, 2.05) is 14.1 Å². The molecule has 1 aliphatic rings. The number of aromatic nitrogens is 2. The highest BCUT2D eigenvalue weighted by molar-refractivity contribution is 6.31. The van der Waals surface area contributed by atoms with Gasteiger partial charge in [0.25, 0.3) is 0 Å². The van der Waals surface area contributed by atoms with E-state index in [4.69, 9.17) is 16.3 Å². The van der Waals surface area contributed by atoms with Crippen LogP contribution in [0, 0.1) is 0 Å². The topological polar surface area (TPSA) is 50.5 Å². The number of hydrogen-bond donors (Lipinski definition) is 1. The zero-order chi connectivity index (χ0) is 14.0. The molecule has 1 unspecified atom stereocenters. The van der Waals surface area contributed by atoms with Gasteiger partial charge in [-0.15, -0.1) is 0 Å². The molecule has 1 aromatic rings. The van der Waals surface area contributed by atoms with Crippen LogP contribution in [-0.2, 0) is 11.3 Å². The molecule has 0 aliphatic heterocycles. The number of likely N-dealkylation sites (N-methyl/N-ethyl adjacent to an activating group) is 1. The summed E-state index contributed by atoms with van der Waals surface area (Å²) in [7, 11) is 5.66. The summed E-state index contributed by atoms with van der Waals surface area (Å²) < 4.78 is 7.32. The number of rotatable bonds is 6. The SMILES string of the molecule is COC1(C(O)c2c(Cl)cnn2CCN(C)C)CCC1. The number of methoxy groups -OCH3 is 1. The second-order valence-corrected chi connectivity index (χ2v) is 5.84. The van der Waals surface area contributed by atoms with E-state index in [-0.39, 0.29) is 0 Å². The van der Waals surface area contributed by atoms with Gasteiger partial charge >= 0.3 is 0 Å². The molecule has 0 radical (unpaired) electrons. The lowest BCUT2D eigenvalue weighted by Gasteiger charge is -2.44. The van der Waals surface area contributed by atoms with E-state index < -0.39 is 11.7 Å². The average Bonchev–Trinajstić information content (AvgIpc) is 2.67. The van der Waals surface area contributed by atoms with Gasteiger partial charge in [-0.25, -0.2) is 0 Å². The first-order valence-electron chi connectivity index (χ1n) is 6.59. The zero-order valence-electron chi connectivity index (χ0n) is 11.8. The van der Waals surface area contributed by atoms with E-state index in [9.17, 15) is 5.11 Å². The normalized spacial score (nSPS) is 19.5. The van der Waals surface area contributed by atoms with Gasteiger partial charge in [-0.1, -0.05) is 11.6 Å². The van der Waals surface area contributed by atoms with Crippen molar-refractivity contribution in [3.8, 4) is 0 Å². The van der Waals surface area contributed by atoms with Crippen molar-refractivity contribution < 1.29 is 9.84 Å². The molecule has 0 aromatic carbocycles. The summed E-state index contributed by atoms with van der Waals surface area (Å²) in [5, 5.41) is 15.4. The number of aliphatic hydroxyl groups is 1. The fraction of sp³-hybridized carbons (Fsp3) is 0.769. The molecule has 1 heterocycles. The average molecular weight is 288 g/mol. The van der Waals surface area contributed by atoms with Gasteiger partial charge in [-0.05, 0) is 33.4 Å². The Bertz CT molecular complexity index is 424. The van der Waals surface area contributed by atoms with Crippen molar-refractivity contribution in [2.75, 3.05) is 27.7 Å². The van der Waals surface area contributed by atoms with Crippen LogP contribution in [-0.4, -0.2) is 53.1 Å². The molecule has 0 amide bonds. The summed E-state index contributed by atoms with van der Waals surface area (Å²) in [5.41, 5.74) is 0.185. The standard InChI is InChI=1S/C13H22ClN3O2/c1-16(2)7-8-17-11(10(14)9-15-17)12(18)13(19-3)5-4-6-13/h9,12,18H,4-8H2,1-3H3. The van der Waals surface area contributed by atoms with Gasteiger partial charge in [0.1, 0.15) is 6.10 Å². The molecule has 1 saturated carbocycles. The van der Waals surface area contributed by atoms with Crippen molar-refractivity contribution in [3.05, 3.63) is 16.9 Å². The van der Waals surface area contributed by atoms with Gasteiger partial charge in [0, 0.05) is 13.7 Å². The van der Waals surface area contributed by atoms with Crippen LogP contribution >= 0.6 is 11.6 Å². The lowest BCUT2D eigenvalue weighted by atomic mass is 9.74. The van der Waals surface area contributed by atoms with E-state index >= 15 is 0 Å². The van der Waals surface area contributed by atoms with Crippen LogP contribution in [0.4, 0.5) is 0 Å². The molecular formula is C13H22ClN3O2. The van der Waals surface area contributed by atoms with Gasteiger partial charge in [0.15, 0.2) is 0 Å². The third kappa shape index (κ3) is 2.79. The van der Waals surface area contributed by atoms with Crippen molar-refractivity contribution >= 4 is 11.6 Å². The summed E-state index contributed by atoms with van der Waals surface area (Å²) in [6, 6.07) is 0. The minimum atomic E-state index is -0.719. The summed E-state index contributed by atoms with van der Waals surface area (Å²) in [6.45, 7) is 1.55. The van der Waals surface area contributed by atoms with Crippen molar-refractivity contribution in [3.63, 3.8) is 0 Å². The van der Waals surface area contributed by atoms with Crippen LogP contribution in [0.3, 0.4) is 0 Å². The van der Waals surface area contributed by atoms with Gasteiger partial charge in [-0.2, -0.15) is 5.10 Å². The van der Waals surface area contributed by atoms with E-state index in [1.165, 1.54) is 0 Å². The molecule has 1 aliphatic carbocycles. The predicted octanol–water partition coefficient (Wildman–Crippen LogP) is 1.70. The highest BCUT2D eigenvalue weighted by atomic mass is 35.5. The summed E-state index contributed by atoms with van der Waals surface area (Å²) in [4.78, 5) is 2.07. The Hall–Kier alpha value is -0.620. The van der Waals surface area contributed by atoms with Crippen LogP contribution < -0.4 is 0 Å². The third-order valence-electron chi connectivity index (χ3n) is 3.96. The zero-order valence-corrected chi connectivity index (χ0v) is 12.5. The number of aliphatic hydroxyl groups excluding tert-OH is 1. The Labute approximate surface area is 119 Å². The molecule has 2 rings (SSSR count). The molecule has 5 nitrogen and oxygen atoms in total. The minimum Gasteiger partial charge on any atom is -0.384 e. The lowest BCUT2D eigenvalue weighted by Crippen LogP contribution is -2.46. The maximum absolute atomic E-state index is 10.6. The quantitative estimate of drug-likeness (QED) is 0.865. The van der Waals surface area contributed by atoms with Gasteiger partial charge in [0.05, 0.1) is 29.1 Å². The molecule has 1 aromatic heterocycles. The Morgan fingerprint density at radius 3 is 2.74 bits per heavy atom. The highest BCUT2D eigenvalue weighted by Gasteiger charge is 2.46. The van der Waals surface area contributed by atoms with Crippen LogP contribution in [0.15, 0.2) is 6.20 Å². The Balaban J connectivity index is 2.20. The smallest absolute Gasteiger partial charge is 0.126 e. The number of hydrogen-bond acceptors (Lipinski definition) is 4. The summed E-state index contributed by atoms with van der Waals surface area (Å²) in [5.74, 6) is 0. The van der Waals surface area contributed by atoms with Gasteiger partial charge in [-0.3, -0.25) is 4.68 Å². The van der Waals surface area contributed by atoms with E-state index in [1.54, 1.807) is 18.0 Å². The molecule has 108 valence electrons. The van der Waals surface area contributed by atoms with Crippen LogP contribution in [0.5, 0.6) is 0 Å². The minimum absolute atomic E-state index is 0.487. The molecular weight excluding hydrogens is 266 g/mol. The second kappa shape index (κ2) is 5.79. The van der Waals surface area contributed by atoms with Crippen LogP contribution in [0.25, 0.3) is 0 Å². The highest BCUT2D eigenvalue weighted by Crippen LogP contribution is 2.46. The van der Waals surface area contributed by atoms with E-state index in [0.717, 1.165) is 25.8 Å². The molecule has 0 bridgehead atoms. The van der Waals surface area contributed by atoms with Gasteiger partial charge < -0.3 is 14.7 Å². The van der Waals surface area contributed by atoms with Crippen molar-refractivity contribution in [2.45, 2.75) is 37.5 Å². The molecule has 0 saturated heterocycles. The van der Waals surface area contributed by atoms with Crippen molar-refractivity contribution in [1.82, 2.24) is 14.7 Å². The maximum Gasteiger partial charge on any atom is 0.126 e. The molecule has 1 atom stereocenters. The Morgan fingerprint density at radius 1 is 1.58 bits per heavy atom. The fourth-order valence-electron chi connectivity index (χ4n) is 2.48. The largest absolute Gasteiger partial charge is 0.384 e. The Morgan fingerprint density at radius 2 is 2.26 bits per heavy atom. The van der Waals surface area contributed by atoms with Crippen molar-refractivity contribution in [1.29, 1.82) is 0 Å². The molecule has 0 spiro atoms. The molecule has 1 N–H and O–H groups in total. The fourth-order valence-corrected chi connectivity index (χ4v) is 2.72. The molecule has 19 heavy (non-hydrogen) atoms. The number of halogens is 1. The second-order valence-electron chi connectivity index (χ2n) is 5.43. The predicted molar refractivity (Wildman–Crippen MR) is 74.3 cm³/mol. The number of ether oxygens (including phenoxy) is 1. The van der Waals surface area contributed by atoms with E-state index in [2.05, 4.69) is 10.00 Å².